The normalized spacial score (nSPS) is 27.2. The minimum absolute atomic E-state index is 0.252. The lowest BCUT2D eigenvalue weighted by atomic mass is 9.85. The van der Waals surface area contributed by atoms with Crippen LogP contribution in [0, 0.1) is 17.8 Å². The van der Waals surface area contributed by atoms with Gasteiger partial charge in [0.2, 0.25) is 5.91 Å². The quantitative estimate of drug-likeness (QED) is 0.802. The molecule has 2 saturated heterocycles. The summed E-state index contributed by atoms with van der Waals surface area (Å²) in [5.74, 6) is 2.11. The highest BCUT2D eigenvalue weighted by atomic mass is 16.1. The number of hydrogen-bond acceptors (Lipinski definition) is 3. The third-order valence-electron chi connectivity index (χ3n) is 5.07. The topological polar surface area (TPSA) is 44.4 Å². The van der Waals surface area contributed by atoms with E-state index in [-0.39, 0.29) is 5.91 Å². The number of rotatable bonds is 5. The molecule has 0 saturated carbocycles. The van der Waals surface area contributed by atoms with Gasteiger partial charge in [0.1, 0.15) is 0 Å². The van der Waals surface area contributed by atoms with Crippen molar-refractivity contribution in [3.63, 3.8) is 0 Å². The lowest BCUT2D eigenvalue weighted by molar-refractivity contribution is -0.122. The molecular formula is C16H31N3O. The van der Waals surface area contributed by atoms with Gasteiger partial charge in [0.15, 0.2) is 0 Å². The Labute approximate surface area is 123 Å². The van der Waals surface area contributed by atoms with Gasteiger partial charge in [-0.15, -0.1) is 0 Å². The highest BCUT2D eigenvalue weighted by molar-refractivity contribution is 5.76. The molecular weight excluding hydrogens is 250 g/mol. The van der Waals surface area contributed by atoms with Crippen LogP contribution < -0.4 is 10.6 Å². The van der Waals surface area contributed by atoms with Gasteiger partial charge in [-0.1, -0.05) is 6.92 Å². The fraction of sp³-hybridized carbons (Fsp3) is 0.938. The Balaban J connectivity index is 1.62. The van der Waals surface area contributed by atoms with Crippen LogP contribution in [0.3, 0.4) is 0 Å². The van der Waals surface area contributed by atoms with Gasteiger partial charge in [-0.3, -0.25) is 4.79 Å². The van der Waals surface area contributed by atoms with Crippen molar-refractivity contribution in [2.45, 2.75) is 39.0 Å². The van der Waals surface area contributed by atoms with E-state index in [1.54, 1.807) is 0 Å². The van der Waals surface area contributed by atoms with E-state index in [0.29, 0.717) is 24.2 Å². The molecule has 2 heterocycles. The van der Waals surface area contributed by atoms with Gasteiger partial charge in [0.05, 0.1) is 0 Å². The van der Waals surface area contributed by atoms with Gasteiger partial charge in [-0.2, -0.15) is 0 Å². The number of likely N-dealkylation sites (tertiary alicyclic amines) is 1. The van der Waals surface area contributed by atoms with E-state index in [4.69, 9.17) is 0 Å². The molecule has 0 aliphatic carbocycles. The van der Waals surface area contributed by atoms with Crippen LogP contribution in [0.5, 0.6) is 0 Å². The van der Waals surface area contributed by atoms with Crippen molar-refractivity contribution in [1.82, 2.24) is 15.5 Å². The fourth-order valence-electron chi connectivity index (χ4n) is 3.42. The molecule has 1 amide bonds. The van der Waals surface area contributed by atoms with E-state index in [1.807, 2.05) is 0 Å². The van der Waals surface area contributed by atoms with E-state index in [2.05, 4.69) is 29.5 Å². The molecule has 116 valence electrons. The zero-order valence-electron chi connectivity index (χ0n) is 13.2. The molecule has 0 radical (unpaired) electrons. The Bertz CT molecular complexity index is 294. The molecule has 20 heavy (non-hydrogen) atoms. The maximum absolute atomic E-state index is 12.1. The van der Waals surface area contributed by atoms with Crippen LogP contribution >= 0.6 is 0 Å². The Morgan fingerprint density at radius 2 is 2.10 bits per heavy atom. The molecule has 2 N–H and O–H groups in total. The Morgan fingerprint density at radius 3 is 2.75 bits per heavy atom. The Morgan fingerprint density at radius 1 is 1.35 bits per heavy atom. The largest absolute Gasteiger partial charge is 0.356 e. The summed E-state index contributed by atoms with van der Waals surface area (Å²) >= 11 is 0. The molecule has 2 atom stereocenters. The summed E-state index contributed by atoms with van der Waals surface area (Å²) in [7, 11) is 2.18. The van der Waals surface area contributed by atoms with Gasteiger partial charge >= 0.3 is 0 Å². The molecule has 0 spiro atoms. The van der Waals surface area contributed by atoms with Crippen LogP contribution in [-0.2, 0) is 4.79 Å². The first kappa shape index (κ1) is 15.8. The van der Waals surface area contributed by atoms with Crippen LogP contribution in [-0.4, -0.2) is 50.6 Å². The smallest absolute Gasteiger partial charge is 0.220 e. The van der Waals surface area contributed by atoms with E-state index >= 15 is 0 Å². The third kappa shape index (κ3) is 5.06. The molecule has 2 rings (SSSR count). The summed E-state index contributed by atoms with van der Waals surface area (Å²) in [5.41, 5.74) is 0. The minimum Gasteiger partial charge on any atom is -0.356 e. The molecule has 0 aromatic carbocycles. The Hall–Kier alpha value is -0.610. The van der Waals surface area contributed by atoms with E-state index in [0.717, 1.165) is 19.6 Å². The maximum Gasteiger partial charge on any atom is 0.220 e. The Kier molecular flexibility index (Phi) is 6.30. The van der Waals surface area contributed by atoms with E-state index in [1.165, 1.54) is 38.8 Å². The number of nitrogens with one attached hydrogen (secondary N) is 2. The summed E-state index contributed by atoms with van der Waals surface area (Å²) in [4.78, 5) is 14.4. The fourth-order valence-corrected chi connectivity index (χ4v) is 3.42. The molecule has 0 aromatic rings. The second-order valence-corrected chi connectivity index (χ2v) is 6.84. The average molecular weight is 281 g/mol. The first-order valence-corrected chi connectivity index (χ1v) is 8.31. The number of carbonyl (C=O) groups is 1. The molecule has 0 aromatic heterocycles. The molecule has 4 nitrogen and oxygen atoms in total. The standard InChI is InChI=1S/C16H31N3O/c1-13(15-4-3-7-17-12-15)10-16(20)18-11-14-5-8-19(2)9-6-14/h13-15,17H,3-12H2,1-2H3,(H,18,20). The van der Waals surface area contributed by atoms with Crippen molar-refractivity contribution in [3.05, 3.63) is 0 Å². The number of amides is 1. The van der Waals surface area contributed by atoms with Crippen LogP contribution in [0.1, 0.15) is 39.0 Å². The molecule has 2 aliphatic heterocycles. The third-order valence-corrected chi connectivity index (χ3v) is 5.07. The monoisotopic (exact) mass is 281 g/mol. The predicted octanol–water partition coefficient (Wildman–Crippen LogP) is 1.47. The highest BCUT2D eigenvalue weighted by Crippen LogP contribution is 2.22. The van der Waals surface area contributed by atoms with E-state index < -0.39 is 0 Å². The molecule has 0 bridgehead atoms. The first-order chi connectivity index (χ1) is 9.65. The van der Waals surface area contributed by atoms with Gasteiger partial charge in [-0.25, -0.2) is 0 Å². The van der Waals surface area contributed by atoms with Crippen LogP contribution in [0.2, 0.25) is 0 Å². The van der Waals surface area contributed by atoms with Crippen molar-refractivity contribution in [1.29, 1.82) is 0 Å². The first-order valence-electron chi connectivity index (χ1n) is 8.31. The molecule has 2 fully saturated rings. The van der Waals surface area contributed by atoms with Crippen LogP contribution in [0.4, 0.5) is 0 Å². The van der Waals surface area contributed by atoms with Crippen molar-refractivity contribution in [2.75, 3.05) is 39.8 Å². The molecule has 2 aliphatic rings. The highest BCUT2D eigenvalue weighted by Gasteiger charge is 2.22. The summed E-state index contributed by atoms with van der Waals surface area (Å²) in [6, 6.07) is 0. The van der Waals surface area contributed by atoms with E-state index in [9.17, 15) is 4.79 Å². The lowest BCUT2D eigenvalue weighted by Crippen LogP contribution is -2.38. The number of hydrogen-bond donors (Lipinski definition) is 2. The van der Waals surface area contributed by atoms with Gasteiger partial charge < -0.3 is 15.5 Å². The van der Waals surface area contributed by atoms with Crippen molar-refractivity contribution < 1.29 is 4.79 Å². The summed E-state index contributed by atoms with van der Waals surface area (Å²) in [6.45, 7) is 7.68. The van der Waals surface area contributed by atoms with Crippen LogP contribution in [0.25, 0.3) is 0 Å². The van der Waals surface area contributed by atoms with Crippen molar-refractivity contribution in [2.24, 2.45) is 17.8 Å². The summed E-state index contributed by atoms with van der Waals surface area (Å²) < 4.78 is 0. The minimum atomic E-state index is 0.252. The van der Waals surface area contributed by atoms with Gasteiger partial charge in [-0.05, 0) is 76.7 Å². The number of piperidine rings is 2. The molecule has 2 unspecified atom stereocenters. The number of carbonyl (C=O) groups excluding carboxylic acids is 1. The number of nitrogens with zero attached hydrogens (tertiary/aromatic N) is 1. The predicted molar refractivity (Wildman–Crippen MR) is 82.6 cm³/mol. The molecule has 4 heteroatoms. The average Bonchev–Trinajstić information content (AvgIpc) is 2.47. The zero-order valence-corrected chi connectivity index (χ0v) is 13.2. The van der Waals surface area contributed by atoms with Crippen LogP contribution in [0.15, 0.2) is 0 Å². The zero-order chi connectivity index (χ0) is 14.4. The summed E-state index contributed by atoms with van der Waals surface area (Å²) in [6.07, 6.45) is 5.67. The SMILES string of the molecule is CC(CC(=O)NCC1CCN(C)CC1)C1CCCNC1. The maximum atomic E-state index is 12.1. The van der Waals surface area contributed by atoms with Gasteiger partial charge in [0, 0.05) is 13.0 Å². The second kappa shape index (κ2) is 7.99. The lowest BCUT2D eigenvalue weighted by Gasteiger charge is -2.30. The second-order valence-electron chi connectivity index (χ2n) is 6.84. The van der Waals surface area contributed by atoms with Crippen molar-refractivity contribution in [3.8, 4) is 0 Å². The summed E-state index contributed by atoms with van der Waals surface area (Å²) in [5, 5.41) is 6.60. The van der Waals surface area contributed by atoms with Crippen molar-refractivity contribution >= 4 is 5.91 Å². The van der Waals surface area contributed by atoms with Gasteiger partial charge in [0.25, 0.3) is 0 Å².